The normalized spacial score (nSPS) is 15.4. The van der Waals surface area contributed by atoms with Gasteiger partial charge >= 0.3 is 0 Å². The van der Waals surface area contributed by atoms with Gasteiger partial charge in [0.25, 0.3) is 0 Å². The molecule has 2 amide bonds. The first kappa shape index (κ1) is 20.3. The number of benzene rings is 1. The number of thioether (sulfide) groups is 1. The van der Waals surface area contributed by atoms with Crippen LogP contribution in [0, 0.1) is 13.8 Å². The molecule has 0 bridgehead atoms. The Morgan fingerprint density at radius 2 is 1.93 bits per heavy atom. The van der Waals surface area contributed by atoms with Gasteiger partial charge in [-0.25, -0.2) is 0 Å². The quantitative estimate of drug-likeness (QED) is 0.800. The minimum Gasteiger partial charge on any atom is -0.368 e. The molecule has 1 saturated heterocycles. The number of anilines is 2. The Hall–Kier alpha value is -2.48. The van der Waals surface area contributed by atoms with Crippen LogP contribution in [0.5, 0.6) is 0 Å². The van der Waals surface area contributed by atoms with Crippen LogP contribution in [0.1, 0.15) is 18.2 Å². The van der Waals surface area contributed by atoms with Gasteiger partial charge < -0.3 is 19.6 Å². The van der Waals surface area contributed by atoms with Gasteiger partial charge in [0.15, 0.2) is 5.82 Å². The van der Waals surface area contributed by atoms with E-state index in [1.807, 2.05) is 17.0 Å². The third-order valence-electron chi connectivity index (χ3n) is 4.79. The van der Waals surface area contributed by atoms with Crippen LogP contribution in [-0.4, -0.2) is 59.1 Å². The molecule has 1 fully saturated rings. The van der Waals surface area contributed by atoms with Gasteiger partial charge in [-0.1, -0.05) is 23.4 Å². The van der Waals surface area contributed by atoms with Crippen molar-refractivity contribution < 1.29 is 14.1 Å². The Morgan fingerprint density at radius 3 is 2.57 bits per heavy atom. The molecule has 150 valence electrons. The van der Waals surface area contributed by atoms with E-state index in [-0.39, 0.29) is 22.8 Å². The Balaban J connectivity index is 1.43. The largest absolute Gasteiger partial charge is 0.368 e. The van der Waals surface area contributed by atoms with Gasteiger partial charge in [-0.3, -0.25) is 9.59 Å². The number of hydrogen-bond donors (Lipinski definition) is 1. The number of aryl methyl sites for hydroxylation is 2. The Kier molecular flexibility index (Phi) is 6.61. The van der Waals surface area contributed by atoms with E-state index in [0.717, 1.165) is 13.1 Å². The molecular weight excluding hydrogens is 376 g/mol. The summed E-state index contributed by atoms with van der Waals surface area (Å²) in [4.78, 5) is 28.9. The summed E-state index contributed by atoms with van der Waals surface area (Å²) >= 11 is 1.34. The van der Waals surface area contributed by atoms with Crippen molar-refractivity contribution in [3.63, 3.8) is 0 Å². The van der Waals surface area contributed by atoms with Crippen molar-refractivity contribution in [3.8, 4) is 0 Å². The van der Waals surface area contributed by atoms with Gasteiger partial charge in [-0.15, -0.1) is 11.8 Å². The van der Waals surface area contributed by atoms with Crippen molar-refractivity contribution in [2.75, 3.05) is 42.1 Å². The lowest BCUT2D eigenvalue weighted by molar-refractivity contribution is -0.128. The summed E-state index contributed by atoms with van der Waals surface area (Å²) in [5.74, 6) is 1.21. The summed E-state index contributed by atoms with van der Waals surface area (Å²) in [6.07, 6.45) is 0. The van der Waals surface area contributed by atoms with Crippen molar-refractivity contribution in [2.45, 2.75) is 26.0 Å². The highest BCUT2D eigenvalue weighted by molar-refractivity contribution is 8.01. The lowest BCUT2D eigenvalue weighted by atomic mass is 10.1. The lowest BCUT2D eigenvalue weighted by Crippen LogP contribution is -2.49. The summed E-state index contributed by atoms with van der Waals surface area (Å²) in [6, 6.07) is 9.98. The molecule has 0 spiro atoms. The summed E-state index contributed by atoms with van der Waals surface area (Å²) in [6.45, 7) is 8.70. The van der Waals surface area contributed by atoms with Crippen molar-refractivity contribution in [2.24, 2.45) is 0 Å². The van der Waals surface area contributed by atoms with Gasteiger partial charge in [0.05, 0.1) is 11.0 Å². The average Bonchev–Trinajstić information content (AvgIpc) is 3.11. The molecule has 1 aromatic heterocycles. The molecule has 0 radical (unpaired) electrons. The molecule has 2 heterocycles. The zero-order valence-corrected chi connectivity index (χ0v) is 17.3. The van der Waals surface area contributed by atoms with Crippen molar-refractivity contribution in [1.82, 2.24) is 10.1 Å². The number of carbonyl (C=O) groups excluding carboxylic acids is 2. The van der Waals surface area contributed by atoms with Crippen molar-refractivity contribution >= 4 is 35.1 Å². The third kappa shape index (κ3) is 5.07. The fourth-order valence-corrected chi connectivity index (χ4v) is 3.92. The second-order valence-electron chi connectivity index (χ2n) is 6.92. The summed E-state index contributed by atoms with van der Waals surface area (Å²) < 4.78 is 4.93. The summed E-state index contributed by atoms with van der Waals surface area (Å²) in [5, 5.41) is 6.10. The molecule has 1 aliphatic rings. The molecular formula is C20H26N4O3S. The van der Waals surface area contributed by atoms with Gasteiger partial charge in [0, 0.05) is 37.9 Å². The number of para-hydroxylation sites is 1. The highest BCUT2D eigenvalue weighted by atomic mass is 32.2. The molecule has 7 nitrogen and oxygen atoms in total. The van der Waals surface area contributed by atoms with Crippen molar-refractivity contribution in [3.05, 3.63) is 41.7 Å². The Morgan fingerprint density at radius 1 is 1.21 bits per heavy atom. The van der Waals surface area contributed by atoms with Gasteiger partial charge in [0.1, 0.15) is 5.76 Å². The summed E-state index contributed by atoms with van der Waals surface area (Å²) in [7, 11) is 0. The standard InChI is InChI=1S/C20H26N4O3S/c1-14-6-4-5-7-17(14)23-8-10-24(11-9-23)19(25)13-28-16(3)20(26)21-18-12-15(2)27-22-18/h4-7,12,16H,8-11,13H2,1-3H3,(H,21,22,26)/t16-/m0/s1. The van der Waals surface area contributed by atoms with Gasteiger partial charge in [-0.2, -0.15) is 0 Å². The molecule has 1 aliphatic heterocycles. The molecule has 0 aliphatic carbocycles. The number of amides is 2. The van der Waals surface area contributed by atoms with Crippen LogP contribution in [-0.2, 0) is 9.59 Å². The number of rotatable bonds is 6. The minimum atomic E-state index is -0.353. The number of carbonyl (C=O) groups is 2. The van der Waals surface area contributed by atoms with E-state index < -0.39 is 0 Å². The fraction of sp³-hybridized carbons (Fsp3) is 0.450. The fourth-order valence-electron chi connectivity index (χ4n) is 3.13. The zero-order chi connectivity index (χ0) is 20.1. The first-order valence-electron chi connectivity index (χ1n) is 9.38. The SMILES string of the molecule is Cc1cc(NC(=O)[C@H](C)SCC(=O)N2CCN(c3ccccc3C)CC2)no1. The second-order valence-corrected chi connectivity index (χ2v) is 8.25. The van der Waals surface area contributed by atoms with E-state index in [4.69, 9.17) is 4.52 Å². The minimum absolute atomic E-state index is 0.0753. The maximum absolute atomic E-state index is 12.5. The maximum atomic E-state index is 12.5. The molecule has 28 heavy (non-hydrogen) atoms. The first-order valence-corrected chi connectivity index (χ1v) is 10.4. The molecule has 2 aromatic rings. The zero-order valence-electron chi connectivity index (χ0n) is 16.5. The van der Waals surface area contributed by atoms with Crippen molar-refractivity contribution in [1.29, 1.82) is 0 Å². The van der Waals surface area contributed by atoms with E-state index in [9.17, 15) is 9.59 Å². The predicted molar refractivity (Wildman–Crippen MR) is 112 cm³/mol. The van der Waals surface area contributed by atoms with E-state index in [1.54, 1.807) is 19.9 Å². The molecule has 0 saturated carbocycles. The molecule has 1 atom stereocenters. The highest BCUT2D eigenvalue weighted by Crippen LogP contribution is 2.21. The number of aromatic nitrogens is 1. The lowest BCUT2D eigenvalue weighted by Gasteiger charge is -2.36. The monoisotopic (exact) mass is 402 g/mol. The number of nitrogens with zero attached hydrogens (tertiary/aromatic N) is 3. The number of piperazine rings is 1. The van der Waals surface area contributed by atoms with E-state index in [1.165, 1.54) is 23.0 Å². The molecule has 1 N–H and O–H groups in total. The number of nitrogens with one attached hydrogen (secondary N) is 1. The molecule has 0 unspecified atom stereocenters. The molecule has 3 rings (SSSR count). The topological polar surface area (TPSA) is 78.7 Å². The smallest absolute Gasteiger partial charge is 0.238 e. The third-order valence-corrected chi connectivity index (χ3v) is 5.92. The van der Waals surface area contributed by atoms with Gasteiger partial charge in [0.2, 0.25) is 11.8 Å². The van der Waals surface area contributed by atoms with Gasteiger partial charge in [-0.05, 0) is 32.4 Å². The van der Waals surface area contributed by atoms with Crippen LogP contribution in [0.25, 0.3) is 0 Å². The van der Waals surface area contributed by atoms with Crippen LogP contribution < -0.4 is 10.2 Å². The molecule has 1 aromatic carbocycles. The molecule has 8 heteroatoms. The second kappa shape index (κ2) is 9.14. The van der Waals surface area contributed by atoms with Crippen LogP contribution in [0.15, 0.2) is 34.9 Å². The predicted octanol–water partition coefficient (Wildman–Crippen LogP) is 2.70. The van der Waals surface area contributed by atoms with E-state index in [0.29, 0.717) is 24.7 Å². The first-order chi connectivity index (χ1) is 13.4. The van der Waals surface area contributed by atoms with Crippen LogP contribution in [0.2, 0.25) is 0 Å². The van der Waals surface area contributed by atoms with Crippen LogP contribution >= 0.6 is 11.8 Å². The summed E-state index contributed by atoms with van der Waals surface area (Å²) in [5.41, 5.74) is 2.48. The Labute approximate surface area is 169 Å². The maximum Gasteiger partial charge on any atom is 0.238 e. The number of hydrogen-bond acceptors (Lipinski definition) is 6. The highest BCUT2D eigenvalue weighted by Gasteiger charge is 2.23. The van der Waals surface area contributed by atoms with Crippen LogP contribution in [0.4, 0.5) is 11.5 Å². The average molecular weight is 403 g/mol. The van der Waals surface area contributed by atoms with Crippen LogP contribution in [0.3, 0.4) is 0 Å². The van der Waals surface area contributed by atoms with E-state index >= 15 is 0 Å². The Bertz CT molecular complexity index is 830. The van der Waals surface area contributed by atoms with E-state index in [2.05, 4.69) is 34.4 Å².